The molecule has 0 fully saturated rings. The average molecular weight is 279 g/mol. The van der Waals surface area contributed by atoms with Crippen LogP contribution < -0.4 is 5.43 Å². The molecule has 0 radical (unpaired) electrons. The van der Waals surface area contributed by atoms with Crippen LogP contribution in [0, 0.1) is 6.92 Å². The number of ether oxygens (including phenoxy) is 1. The van der Waals surface area contributed by atoms with Crippen molar-refractivity contribution in [3.05, 3.63) is 69.9 Å². The van der Waals surface area contributed by atoms with Crippen LogP contribution in [-0.4, -0.2) is 12.1 Å². The summed E-state index contributed by atoms with van der Waals surface area (Å²) in [6.07, 6.45) is 0. The summed E-state index contributed by atoms with van der Waals surface area (Å²) in [6, 6.07) is 15.6. The Balaban J connectivity index is 2.35. The number of H-pyrrole nitrogens is 1. The third-order valence-corrected chi connectivity index (χ3v) is 3.72. The third-order valence-electron chi connectivity index (χ3n) is 3.72. The van der Waals surface area contributed by atoms with Crippen LogP contribution >= 0.6 is 0 Å². The van der Waals surface area contributed by atoms with Crippen LogP contribution in [0.1, 0.15) is 11.1 Å². The molecule has 21 heavy (non-hydrogen) atoms. The van der Waals surface area contributed by atoms with Crippen molar-refractivity contribution < 1.29 is 4.74 Å². The van der Waals surface area contributed by atoms with Crippen LogP contribution in [0.3, 0.4) is 0 Å². The van der Waals surface area contributed by atoms with E-state index in [2.05, 4.69) is 4.98 Å². The molecule has 3 heteroatoms. The van der Waals surface area contributed by atoms with Gasteiger partial charge in [-0.25, -0.2) is 0 Å². The van der Waals surface area contributed by atoms with Crippen molar-refractivity contribution in [1.82, 2.24) is 4.98 Å². The lowest BCUT2D eigenvalue weighted by atomic mass is 10.0. The van der Waals surface area contributed by atoms with Gasteiger partial charge in [0.05, 0.1) is 17.8 Å². The number of rotatable bonds is 3. The zero-order valence-electron chi connectivity index (χ0n) is 12.1. The number of fused-ring (bicyclic) bond motifs is 1. The molecular weight excluding hydrogens is 262 g/mol. The molecule has 0 saturated carbocycles. The number of benzene rings is 2. The van der Waals surface area contributed by atoms with Gasteiger partial charge < -0.3 is 9.72 Å². The summed E-state index contributed by atoms with van der Waals surface area (Å²) < 4.78 is 5.23. The molecule has 106 valence electrons. The fourth-order valence-corrected chi connectivity index (χ4v) is 2.64. The minimum Gasteiger partial charge on any atom is -0.380 e. The van der Waals surface area contributed by atoms with E-state index in [1.165, 1.54) is 0 Å². The van der Waals surface area contributed by atoms with E-state index in [0.717, 1.165) is 27.9 Å². The van der Waals surface area contributed by atoms with Crippen LogP contribution in [0.15, 0.2) is 53.3 Å². The molecule has 0 amide bonds. The molecule has 0 unspecified atom stereocenters. The number of hydrogen-bond donors (Lipinski definition) is 1. The van der Waals surface area contributed by atoms with Gasteiger partial charge in [-0.05, 0) is 18.6 Å². The Morgan fingerprint density at radius 1 is 1.05 bits per heavy atom. The van der Waals surface area contributed by atoms with Gasteiger partial charge in [0.25, 0.3) is 0 Å². The predicted octanol–water partition coefficient (Wildman–Crippen LogP) is 3.65. The van der Waals surface area contributed by atoms with Gasteiger partial charge in [0.1, 0.15) is 0 Å². The highest BCUT2D eigenvalue weighted by molar-refractivity contribution is 5.85. The largest absolute Gasteiger partial charge is 0.380 e. The zero-order valence-corrected chi connectivity index (χ0v) is 12.1. The van der Waals surface area contributed by atoms with Crippen LogP contribution in [0.2, 0.25) is 0 Å². The van der Waals surface area contributed by atoms with Gasteiger partial charge in [0.2, 0.25) is 0 Å². The molecule has 3 nitrogen and oxygen atoms in total. The maximum Gasteiger partial charge on any atom is 0.192 e. The Kier molecular flexibility index (Phi) is 3.59. The van der Waals surface area contributed by atoms with Crippen molar-refractivity contribution in [3.8, 4) is 11.3 Å². The van der Waals surface area contributed by atoms with Gasteiger partial charge >= 0.3 is 0 Å². The van der Waals surface area contributed by atoms with Crippen LogP contribution in [0.4, 0.5) is 0 Å². The summed E-state index contributed by atoms with van der Waals surface area (Å²) in [4.78, 5) is 16.0. The molecule has 0 spiro atoms. The first-order chi connectivity index (χ1) is 10.2. The zero-order chi connectivity index (χ0) is 14.8. The summed E-state index contributed by atoms with van der Waals surface area (Å²) in [5.41, 5.74) is 4.54. The molecule has 3 rings (SSSR count). The second kappa shape index (κ2) is 5.54. The molecule has 0 aliphatic heterocycles. The third kappa shape index (κ3) is 2.36. The molecule has 0 aliphatic carbocycles. The molecule has 1 heterocycles. The first-order valence-electron chi connectivity index (χ1n) is 6.91. The van der Waals surface area contributed by atoms with Crippen molar-refractivity contribution >= 4 is 10.9 Å². The predicted molar refractivity (Wildman–Crippen MR) is 85.5 cm³/mol. The Bertz CT molecular complexity index is 835. The summed E-state index contributed by atoms with van der Waals surface area (Å²) >= 11 is 0. The number of aromatic amines is 1. The van der Waals surface area contributed by atoms with Gasteiger partial charge in [-0.3, -0.25) is 4.79 Å². The lowest BCUT2D eigenvalue weighted by Crippen LogP contribution is -2.10. The lowest BCUT2D eigenvalue weighted by Gasteiger charge is -2.11. The molecule has 1 N–H and O–H groups in total. The second-order valence-electron chi connectivity index (χ2n) is 5.09. The maximum absolute atomic E-state index is 12.6. The fourth-order valence-electron chi connectivity index (χ4n) is 2.64. The van der Waals surface area contributed by atoms with Crippen LogP contribution in [-0.2, 0) is 11.3 Å². The van der Waals surface area contributed by atoms with Gasteiger partial charge in [-0.2, -0.15) is 0 Å². The van der Waals surface area contributed by atoms with E-state index < -0.39 is 0 Å². The van der Waals surface area contributed by atoms with Crippen molar-refractivity contribution in [2.45, 2.75) is 13.5 Å². The van der Waals surface area contributed by atoms with E-state index in [0.29, 0.717) is 12.0 Å². The number of para-hydroxylation sites is 1. The van der Waals surface area contributed by atoms with Gasteiger partial charge in [0.15, 0.2) is 5.43 Å². The number of pyridine rings is 1. The van der Waals surface area contributed by atoms with Gasteiger partial charge in [-0.15, -0.1) is 0 Å². The summed E-state index contributed by atoms with van der Waals surface area (Å²) in [6.45, 7) is 2.34. The van der Waals surface area contributed by atoms with Crippen LogP contribution in [0.25, 0.3) is 22.2 Å². The Morgan fingerprint density at radius 3 is 2.52 bits per heavy atom. The number of nitrogens with one attached hydrogen (secondary N) is 1. The number of aromatic nitrogens is 1. The molecule has 0 bridgehead atoms. The summed E-state index contributed by atoms with van der Waals surface area (Å²) in [7, 11) is 1.66. The van der Waals surface area contributed by atoms with Crippen molar-refractivity contribution in [2.24, 2.45) is 0 Å². The number of methoxy groups -OCH3 is 1. The Hall–Kier alpha value is -2.39. The maximum atomic E-state index is 12.6. The first-order valence-corrected chi connectivity index (χ1v) is 6.91. The minimum absolute atomic E-state index is 0.0700. The molecule has 0 aliphatic rings. The van der Waals surface area contributed by atoms with Crippen molar-refractivity contribution in [1.29, 1.82) is 0 Å². The number of hydrogen-bond acceptors (Lipinski definition) is 2. The molecular formula is C18H17NO2. The fraction of sp³-hybridized carbons (Fsp3) is 0.167. The van der Waals surface area contributed by atoms with Crippen LogP contribution in [0.5, 0.6) is 0 Å². The van der Waals surface area contributed by atoms with Gasteiger partial charge in [-0.1, -0.05) is 42.5 Å². The van der Waals surface area contributed by atoms with E-state index >= 15 is 0 Å². The molecule has 2 aromatic carbocycles. The highest BCUT2D eigenvalue weighted by Crippen LogP contribution is 2.23. The topological polar surface area (TPSA) is 42.1 Å². The van der Waals surface area contributed by atoms with E-state index in [4.69, 9.17) is 4.74 Å². The smallest absolute Gasteiger partial charge is 0.192 e. The normalized spacial score (nSPS) is 11.0. The molecule has 3 aromatic rings. The summed E-state index contributed by atoms with van der Waals surface area (Å²) in [5.74, 6) is 0. The molecule has 0 atom stereocenters. The molecule has 0 saturated heterocycles. The first kappa shape index (κ1) is 13.6. The summed E-state index contributed by atoms with van der Waals surface area (Å²) in [5, 5.41) is 0.710. The highest BCUT2D eigenvalue weighted by Gasteiger charge is 2.12. The standard InChI is InChI=1S/C18H17NO2/c1-12-16(13-7-4-3-5-8-13)19-17-14(11-21-2)9-6-10-15(17)18(12)20/h3-10H,11H2,1-2H3,(H,19,20). The van der Waals surface area contributed by atoms with Crippen molar-refractivity contribution in [2.75, 3.05) is 7.11 Å². The van der Waals surface area contributed by atoms with E-state index in [1.54, 1.807) is 7.11 Å². The Morgan fingerprint density at radius 2 is 1.81 bits per heavy atom. The van der Waals surface area contributed by atoms with Crippen molar-refractivity contribution in [3.63, 3.8) is 0 Å². The Labute approximate surface area is 123 Å². The van der Waals surface area contributed by atoms with Gasteiger partial charge in [0, 0.05) is 23.6 Å². The lowest BCUT2D eigenvalue weighted by molar-refractivity contribution is 0.186. The second-order valence-corrected chi connectivity index (χ2v) is 5.09. The monoisotopic (exact) mass is 279 g/mol. The van der Waals surface area contributed by atoms with E-state index in [9.17, 15) is 4.79 Å². The van der Waals surface area contributed by atoms with E-state index in [-0.39, 0.29) is 5.43 Å². The highest BCUT2D eigenvalue weighted by atomic mass is 16.5. The van der Waals surface area contributed by atoms with E-state index in [1.807, 2.05) is 55.5 Å². The average Bonchev–Trinajstić information content (AvgIpc) is 2.52. The minimum atomic E-state index is 0.0700. The quantitative estimate of drug-likeness (QED) is 0.795. The SMILES string of the molecule is COCc1cccc2c(=O)c(C)c(-c3ccccc3)[nH]c12. The molecule has 1 aromatic heterocycles.